The molecule has 1 fully saturated rings. The van der Waals surface area contributed by atoms with E-state index in [-0.39, 0.29) is 13.0 Å². The number of ether oxygens (including phenoxy) is 2. The van der Waals surface area contributed by atoms with E-state index < -0.39 is 29.2 Å². The second-order valence-electron chi connectivity index (χ2n) is 5.70. The van der Waals surface area contributed by atoms with Crippen LogP contribution in [0.4, 0.5) is 4.79 Å². The molecule has 0 aromatic rings. The van der Waals surface area contributed by atoms with E-state index in [1.165, 1.54) is 0 Å². The molecular formula is C11H18N4O4. The predicted octanol–water partition coefficient (Wildman–Crippen LogP) is 1.90. The van der Waals surface area contributed by atoms with Gasteiger partial charge in [0.05, 0.1) is 5.54 Å². The predicted molar refractivity (Wildman–Crippen MR) is 66.3 cm³/mol. The summed E-state index contributed by atoms with van der Waals surface area (Å²) in [5.74, 6) is -0.559. The Morgan fingerprint density at radius 1 is 1.63 bits per heavy atom. The van der Waals surface area contributed by atoms with Gasteiger partial charge in [-0.1, -0.05) is 12.0 Å². The van der Waals surface area contributed by atoms with Crippen molar-refractivity contribution in [1.82, 2.24) is 5.32 Å². The summed E-state index contributed by atoms with van der Waals surface area (Å²) >= 11 is 0. The summed E-state index contributed by atoms with van der Waals surface area (Å²) in [6, 6.07) is -0.876. The lowest BCUT2D eigenvalue weighted by Crippen LogP contribution is -2.53. The van der Waals surface area contributed by atoms with Gasteiger partial charge in [0.2, 0.25) is 0 Å². The van der Waals surface area contributed by atoms with Crippen molar-refractivity contribution in [2.24, 2.45) is 5.11 Å². The van der Waals surface area contributed by atoms with E-state index in [2.05, 4.69) is 15.3 Å². The maximum absolute atomic E-state index is 11.6. The van der Waals surface area contributed by atoms with Crippen LogP contribution < -0.4 is 5.32 Å². The highest BCUT2D eigenvalue weighted by Crippen LogP contribution is 2.24. The molecule has 8 heteroatoms. The Morgan fingerprint density at radius 2 is 2.26 bits per heavy atom. The molecule has 1 heterocycles. The number of carbonyl (C=O) groups excluding carboxylic acids is 2. The molecular weight excluding hydrogens is 252 g/mol. The maximum Gasteiger partial charge on any atom is 0.408 e. The van der Waals surface area contributed by atoms with E-state index >= 15 is 0 Å². The highest BCUT2D eigenvalue weighted by Gasteiger charge is 2.39. The minimum atomic E-state index is -0.876. The Morgan fingerprint density at radius 3 is 2.79 bits per heavy atom. The van der Waals surface area contributed by atoms with Crippen molar-refractivity contribution < 1.29 is 19.1 Å². The number of alkyl carbamates (subject to hydrolysis) is 1. The topological polar surface area (TPSA) is 113 Å². The third kappa shape index (κ3) is 4.67. The van der Waals surface area contributed by atoms with Crippen LogP contribution in [0, 0.1) is 0 Å². The lowest BCUT2D eigenvalue weighted by Gasteiger charge is -2.33. The van der Waals surface area contributed by atoms with Gasteiger partial charge in [-0.05, 0) is 32.7 Å². The largest absolute Gasteiger partial charge is 0.463 e. The van der Waals surface area contributed by atoms with E-state index in [9.17, 15) is 9.59 Å². The van der Waals surface area contributed by atoms with Crippen LogP contribution in [0.5, 0.6) is 0 Å². The average Bonchev–Trinajstić information content (AvgIpc) is 2.21. The number of hydrogen-bond acceptors (Lipinski definition) is 5. The number of nitrogens with one attached hydrogen (secondary N) is 1. The van der Waals surface area contributed by atoms with Gasteiger partial charge in [0.25, 0.3) is 0 Å². The third-order valence-corrected chi connectivity index (χ3v) is 2.43. The number of nitrogens with zero attached hydrogens (tertiary/aromatic N) is 3. The molecule has 1 aliphatic rings. The fourth-order valence-corrected chi connectivity index (χ4v) is 1.65. The molecule has 1 rings (SSSR count). The molecule has 0 aliphatic carbocycles. The van der Waals surface area contributed by atoms with E-state index in [4.69, 9.17) is 15.0 Å². The Labute approximate surface area is 111 Å². The molecule has 19 heavy (non-hydrogen) atoms. The summed E-state index contributed by atoms with van der Waals surface area (Å²) in [6.45, 7) is 6.81. The lowest BCUT2D eigenvalue weighted by molar-refractivity contribution is -0.153. The van der Waals surface area contributed by atoms with Crippen LogP contribution in [-0.2, 0) is 14.3 Å². The highest BCUT2D eigenvalue weighted by molar-refractivity contribution is 5.82. The van der Waals surface area contributed by atoms with Gasteiger partial charge in [-0.15, -0.1) is 0 Å². The molecule has 0 spiro atoms. The van der Waals surface area contributed by atoms with Crippen LogP contribution >= 0.6 is 0 Å². The first-order chi connectivity index (χ1) is 8.65. The Kier molecular flexibility index (Phi) is 4.26. The molecule has 2 atom stereocenters. The summed E-state index contributed by atoms with van der Waals surface area (Å²) in [6.07, 6.45) is -0.533. The summed E-state index contributed by atoms with van der Waals surface area (Å²) in [5, 5.41) is 6.01. The molecule has 1 N–H and O–H groups in total. The zero-order valence-corrected chi connectivity index (χ0v) is 11.5. The van der Waals surface area contributed by atoms with E-state index in [0.29, 0.717) is 0 Å². The van der Waals surface area contributed by atoms with Crippen molar-refractivity contribution in [2.75, 3.05) is 6.61 Å². The van der Waals surface area contributed by atoms with E-state index in [0.717, 1.165) is 0 Å². The number of cyclic esters (lactones) is 1. The number of carbonyl (C=O) groups is 2. The molecule has 8 nitrogen and oxygen atoms in total. The zero-order chi connectivity index (χ0) is 14.7. The molecule has 106 valence electrons. The number of amides is 1. The maximum atomic E-state index is 11.6. The van der Waals surface area contributed by atoms with Crippen molar-refractivity contribution in [2.45, 2.75) is 51.3 Å². The van der Waals surface area contributed by atoms with Gasteiger partial charge in [-0.3, -0.25) is 0 Å². The van der Waals surface area contributed by atoms with Crippen molar-refractivity contribution >= 4 is 12.1 Å². The van der Waals surface area contributed by atoms with Gasteiger partial charge in [0.15, 0.2) is 0 Å². The van der Waals surface area contributed by atoms with Crippen LogP contribution in [0.1, 0.15) is 34.1 Å². The molecule has 0 aromatic heterocycles. The number of hydrogen-bond donors (Lipinski definition) is 1. The molecule has 0 radical (unpaired) electrons. The molecule has 0 bridgehead atoms. The Hall–Kier alpha value is -1.95. The molecule has 0 aromatic carbocycles. The molecule has 0 unspecified atom stereocenters. The smallest absolute Gasteiger partial charge is 0.408 e. The van der Waals surface area contributed by atoms with Crippen molar-refractivity contribution in [3.8, 4) is 0 Å². The van der Waals surface area contributed by atoms with Gasteiger partial charge >= 0.3 is 12.1 Å². The quantitative estimate of drug-likeness (QED) is 0.357. The van der Waals surface area contributed by atoms with Gasteiger partial charge in [-0.25, -0.2) is 9.59 Å². The number of rotatable bonds is 2. The fraction of sp³-hybridized carbons (Fsp3) is 0.818. The van der Waals surface area contributed by atoms with Gasteiger partial charge in [0, 0.05) is 4.91 Å². The Balaban J connectivity index is 2.68. The van der Waals surface area contributed by atoms with Crippen LogP contribution in [0.25, 0.3) is 10.4 Å². The van der Waals surface area contributed by atoms with Crippen molar-refractivity contribution in [1.29, 1.82) is 0 Å². The average molecular weight is 270 g/mol. The van der Waals surface area contributed by atoms with Crippen LogP contribution in [0.15, 0.2) is 5.11 Å². The summed E-state index contributed by atoms with van der Waals surface area (Å²) in [7, 11) is 0. The number of esters is 1. The second kappa shape index (κ2) is 5.36. The normalized spacial score (nSPS) is 26.9. The first-order valence-corrected chi connectivity index (χ1v) is 5.88. The SMILES string of the molecule is CC(C)(C)OC(=O)N[C@H]1C[C@](C)(N=[N+]=[N-])COC1=O. The van der Waals surface area contributed by atoms with Crippen LogP contribution in [-0.4, -0.2) is 35.9 Å². The monoisotopic (exact) mass is 270 g/mol. The van der Waals surface area contributed by atoms with Gasteiger partial charge in [-0.2, -0.15) is 0 Å². The van der Waals surface area contributed by atoms with Crippen molar-refractivity contribution in [3.05, 3.63) is 10.4 Å². The fourth-order valence-electron chi connectivity index (χ4n) is 1.65. The van der Waals surface area contributed by atoms with E-state index in [1.807, 2.05) is 0 Å². The first kappa shape index (κ1) is 15.1. The van der Waals surface area contributed by atoms with Crippen molar-refractivity contribution in [3.63, 3.8) is 0 Å². The molecule has 1 amide bonds. The van der Waals surface area contributed by atoms with Crippen LogP contribution in [0.3, 0.4) is 0 Å². The Bertz CT molecular complexity index is 425. The minimum Gasteiger partial charge on any atom is -0.463 e. The minimum absolute atomic E-state index is 0.00237. The van der Waals surface area contributed by atoms with Gasteiger partial charge in [0.1, 0.15) is 18.2 Å². The standard InChI is InChI=1S/C11H18N4O4/c1-10(2,3)19-9(17)13-7-5-11(4,14-15-12)6-18-8(7)16/h7H,5-6H2,1-4H3,(H,13,17)/t7-,11-/m0/s1. The molecule has 1 aliphatic heterocycles. The second-order valence-corrected chi connectivity index (χ2v) is 5.70. The molecule has 1 saturated heterocycles. The molecule has 0 saturated carbocycles. The zero-order valence-electron chi connectivity index (χ0n) is 11.5. The highest BCUT2D eigenvalue weighted by atomic mass is 16.6. The first-order valence-electron chi connectivity index (χ1n) is 5.88. The van der Waals surface area contributed by atoms with E-state index in [1.54, 1.807) is 27.7 Å². The summed E-state index contributed by atoms with van der Waals surface area (Å²) in [4.78, 5) is 25.9. The third-order valence-electron chi connectivity index (χ3n) is 2.43. The van der Waals surface area contributed by atoms with Gasteiger partial charge < -0.3 is 14.8 Å². The summed E-state index contributed by atoms with van der Waals surface area (Å²) < 4.78 is 9.97. The summed E-state index contributed by atoms with van der Waals surface area (Å²) in [5.41, 5.74) is 6.96. The number of azide groups is 1. The lowest BCUT2D eigenvalue weighted by atomic mass is 9.92. The van der Waals surface area contributed by atoms with Crippen LogP contribution in [0.2, 0.25) is 0 Å².